The molecule has 1 fully saturated rings. The number of hydrogen-bond donors (Lipinski definition) is 1. The number of aromatic nitrogens is 3. The molecule has 0 unspecified atom stereocenters. The molecule has 6 nitrogen and oxygen atoms in total. The van der Waals surface area contributed by atoms with Crippen molar-refractivity contribution >= 4 is 17.2 Å². The Morgan fingerprint density at radius 3 is 2.70 bits per heavy atom. The van der Waals surface area contributed by atoms with Gasteiger partial charge in [0.1, 0.15) is 5.82 Å². The molecule has 8 heteroatoms. The second kappa shape index (κ2) is 7.48. The molecule has 0 aliphatic heterocycles. The normalized spacial score (nSPS) is 13.7. The van der Waals surface area contributed by atoms with E-state index in [1.54, 1.807) is 28.0 Å². The standard InChI is InChI=1S/C19H19FN4O2S/c20-14-5-3-13(4-6-14)12-17(25)21-9-10-23-19(26)24(15-7-8-15)18(22-23)16-2-1-11-27-16/h1-6,11,15H,7-10,12H2,(H,21,25). The van der Waals surface area contributed by atoms with E-state index in [0.717, 1.165) is 23.3 Å². The molecule has 1 amide bonds. The summed E-state index contributed by atoms with van der Waals surface area (Å²) in [4.78, 5) is 25.7. The zero-order valence-electron chi connectivity index (χ0n) is 14.6. The maximum atomic E-state index is 12.9. The highest BCUT2D eigenvalue weighted by atomic mass is 32.1. The molecule has 0 atom stereocenters. The van der Waals surface area contributed by atoms with Crippen LogP contribution in [0.1, 0.15) is 24.4 Å². The third-order valence-corrected chi connectivity index (χ3v) is 5.31. The molecule has 1 aliphatic rings. The number of benzene rings is 1. The minimum atomic E-state index is -0.327. The van der Waals surface area contributed by atoms with Crippen LogP contribution in [0.2, 0.25) is 0 Å². The van der Waals surface area contributed by atoms with Crippen LogP contribution in [0.4, 0.5) is 4.39 Å². The molecule has 1 saturated carbocycles. The SMILES string of the molecule is O=C(Cc1ccc(F)cc1)NCCn1nc(-c2cccs2)n(C2CC2)c1=O. The van der Waals surface area contributed by atoms with Crippen molar-refractivity contribution < 1.29 is 9.18 Å². The van der Waals surface area contributed by atoms with Gasteiger partial charge < -0.3 is 5.32 Å². The largest absolute Gasteiger partial charge is 0.354 e. The maximum Gasteiger partial charge on any atom is 0.346 e. The van der Waals surface area contributed by atoms with E-state index in [9.17, 15) is 14.0 Å². The van der Waals surface area contributed by atoms with Gasteiger partial charge in [-0.25, -0.2) is 13.9 Å². The lowest BCUT2D eigenvalue weighted by molar-refractivity contribution is -0.120. The van der Waals surface area contributed by atoms with Crippen LogP contribution in [0.25, 0.3) is 10.7 Å². The first-order valence-corrected chi connectivity index (χ1v) is 9.74. The summed E-state index contributed by atoms with van der Waals surface area (Å²) in [5.41, 5.74) is 0.609. The Morgan fingerprint density at radius 2 is 2.04 bits per heavy atom. The Hall–Kier alpha value is -2.74. The van der Waals surface area contributed by atoms with Gasteiger partial charge in [0.25, 0.3) is 0 Å². The number of nitrogens with one attached hydrogen (secondary N) is 1. The number of amides is 1. The van der Waals surface area contributed by atoms with E-state index in [0.29, 0.717) is 18.9 Å². The number of nitrogens with zero attached hydrogens (tertiary/aromatic N) is 3. The van der Waals surface area contributed by atoms with Crippen molar-refractivity contribution in [3.63, 3.8) is 0 Å². The van der Waals surface area contributed by atoms with Gasteiger partial charge in [0, 0.05) is 12.6 Å². The van der Waals surface area contributed by atoms with E-state index in [-0.39, 0.29) is 29.9 Å². The monoisotopic (exact) mass is 386 g/mol. The first-order valence-electron chi connectivity index (χ1n) is 8.86. The lowest BCUT2D eigenvalue weighted by Crippen LogP contribution is -2.32. The Bertz CT molecular complexity index is 988. The zero-order valence-corrected chi connectivity index (χ0v) is 15.4. The summed E-state index contributed by atoms with van der Waals surface area (Å²) >= 11 is 1.56. The minimum absolute atomic E-state index is 0.131. The summed E-state index contributed by atoms with van der Waals surface area (Å²) in [6.45, 7) is 0.623. The van der Waals surface area contributed by atoms with Crippen molar-refractivity contribution in [3.05, 3.63) is 63.6 Å². The molecule has 4 rings (SSSR count). The van der Waals surface area contributed by atoms with E-state index in [2.05, 4.69) is 10.4 Å². The van der Waals surface area contributed by atoms with Gasteiger partial charge in [0.05, 0.1) is 17.8 Å². The second-order valence-electron chi connectivity index (χ2n) is 6.56. The van der Waals surface area contributed by atoms with E-state index < -0.39 is 0 Å². The fourth-order valence-electron chi connectivity index (χ4n) is 2.95. The molecule has 0 saturated heterocycles. The quantitative estimate of drug-likeness (QED) is 0.679. The third-order valence-electron chi connectivity index (χ3n) is 4.45. The van der Waals surface area contributed by atoms with Crippen LogP contribution in [-0.2, 0) is 17.8 Å². The summed E-state index contributed by atoms with van der Waals surface area (Å²) in [6.07, 6.45) is 2.17. The average molecular weight is 386 g/mol. The number of halogens is 1. The topological polar surface area (TPSA) is 68.9 Å². The predicted molar refractivity (Wildman–Crippen MR) is 101 cm³/mol. The van der Waals surface area contributed by atoms with E-state index >= 15 is 0 Å². The van der Waals surface area contributed by atoms with Crippen molar-refractivity contribution in [2.75, 3.05) is 6.54 Å². The second-order valence-corrected chi connectivity index (χ2v) is 7.51. The first kappa shape index (κ1) is 17.7. The molecule has 2 aromatic heterocycles. The number of hydrogen-bond acceptors (Lipinski definition) is 4. The maximum absolute atomic E-state index is 12.9. The summed E-state index contributed by atoms with van der Waals surface area (Å²) in [7, 11) is 0. The van der Waals surface area contributed by atoms with Crippen molar-refractivity contribution in [3.8, 4) is 10.7 Å². The number of thiophene rings is 1. The zero-order chi connectivity index (χ0) is 18.8. The molecular formula is C19H19FN4O2S. The molecule has 3 aromatic rings. The highest BCUT2D eigenvalue weighted by molar-refractivity contribution is 7.13. The van der Waals surface area contributed by atoms with Crippen molar-refractivity contribution in [2.24, 2.45) is 0 Å². The lowest BCUT2D eigenvalue weighted by atomic mass is 10.1. The van der Waals surface area contributed by atoms with Crippen LogP contribution in [0, 0.1) is 5.82 Å². The number of carbonyl (C=O) groups excluding carboxylic acids is 1. The van der Waals surface area contributed by atoms with Crippen LogP contribution in [0.15, 0.2) is 46.6 Å². The number of carbonyl (C=O) groups is 1. The predicted octanol–water partition coefficient (Wildman–Crippen LogP) is 2.61. The Kier molecular flexibility index (Phi) is 4.89. The van der Waals surface area contributed by atoms with Gasteiger partial charge in [-0.2, -0.15) is 0 Å². The third kappa shape index (κ3) is 4.00. The van der Waals surface area contributed by atoms with Crippen molar-refractivity contribution in [1.29, 1.82) is 0 Å². The molecule has 0 bridgehead atoms. The van der Waals surface area contributed by atoms with E-state index in [4.69, 9.17) is 0 Å². The molecule has 2 heterocycles. The molecule has 1 N–H and O–H groups in total. The Labute approximate surface area is 159 Å². The molecule has 27 heavy (non-hydrogen) atoms. The molecule has 1 aliphatic carbocycles. The number of rotatable bonds is 7. The van der Waals surface area contributed by atoms with Crippen LogP contribution < -0.4 is 11.0 Å². The van der Waals surface area contributed by atoms with Gasteiger partial charge >= 0.3 is 5.69 Å². The highest BCUT2D eigenvalue weighted by Crippen LogP contribution is 2.37. The highest BCUT2D eigenvalue weighted by Gasteiger charge is 2.30. The van der Waals surface area contributed by atoms with Crippen LogP contribution in [0.3, 0.4) is 0 Å². The fraction of sp³-hybridized carbons (Fsp3) is 0.316. The van der Waals surface area contributed by atoms with Gasteiger partial charge in [-0.1, -0.05) is 18.2 Å². The summed E-state index contributed by atoms with van der Waals surface area (Å²) in [5, 5.41) is 9.24. The molecule has 1 aromatic carbocycles. The summed E-state index contributed by atoms with van der Waals surface area (Å²) < 4.78 is 16.1. The van der Waals surface area contributed by atoms with Crippen LogP contribution >= 0.6 is 11.3 Å². The minimum Gasteiger partial charge on any atom is -0.354 e. The van der Waals surface area contributed by atoms with Gasteiger partial charge in [0.2, 0.25) is 5.91 Å². The van der Waals surface area contributed by atoms with Gasteiger partial charge in [-0.05, 0) is 42.0 Å². The molecule has 140 valence electrons. The summed E-state index contributed by atoms with van der Waals surface area (Å²) in [5.74, 6) is 0.205. The van der Waals surface area contributed by atoms with Crippen LogP contribution in [-0.4, -0.2) is 26.8 Å². The Balaban J connectivity index is 1.40. The van der Waals surface area contributed by atoms with Gasteiger partial charge in [-0.15, -0.1) is 16.4 Å². The van der Waals surface area contributed by atoms with E-state index in [1.807, 2.05) is 17.5 Å². The molecular weight excluding hydrogens is 367 g/mol. The lowest BCUT2D eigenvalue weighted by Gasteiger charge is -2.05. The first-order chi connectivity index (χ1) is 13.1. The molecule has 0 radical (unpaired) electrons. The smallest absolute Gasteiger partial charge is 0.346 e. The molecule has 0 spiro atoms. The van der Waals surface area contributed by atoms with E-state index in [1.165, 1.54) is 16.8 Å². The van der Waals surface area contributed by atoms with Crippen LogP contribution in [0.5, 0.6) is 0 Å². The van der Waals surface area contributed by atoms with Crippen molar-refractivity contribution in [1.82, 2.24) is 19.7 Å². The average Bonchev–Trinajstić information content (AvgIpc) is 3.22. The van der Waals surface area contributed by atoms with Gasteiger partial charge in [-0.3, -0.25) is 9.36 Å². The fourth-order valence-corrected chi connectivity index (χ4v) is 3.66. The van der Waals surface area contributed by atoms with Crippen molar-refractivity contribution in [2.45, 2.75) is 31.8 Å². The summed E-state index contributed by atoms with van der Waals surface area (Å²) in [6, 6.07) is 9.97. The van der Waals surface area contributed by atoms with Gasteiger partial charge in [0.15, 0.2) is 5.82 Å². The Morgan fingerprint density at radius 1 is 1.26 bits per heavy atom.